The van der Waals surface area contributed by atoms with Crippen LogP contribution in [0.1, 0.15) is 56.2 Å². The van der Waals surface area contributed by atoms with Crippen LogP contribution in [-0.4, -0.2) is 10.8 Å². The molecule has 2 heterocycles. The van der Waals surface area contributed by atoms with Crippen LogP contribution in [0.5, 0.6) is 0 Å². The van der Waals surface area contributed by atoms with E-state index in [0.29, 0.717) is 6.42 Å². The van der Waals surface area contributed by atoms with Gasteiger partial charge in [0.1, 0.15) is 5.82 Å². The second-order valence-corrected chi connectivity index (χ2v) is 8.90. The molecule has 3 nitrogen and oxygen atoms in total. The molecule has 1 aliphatic heterocycles. The van der Waals surface area contributed by atoms with Crippen molar-refractivity contribution in [3.8, 4) is 0 Å². The van der Waals surface area contributed by atoms with E-state index >= 15 is 0 Å². The maximum absolute atomic E-state index is 13.3. The zero-order valence-electron chi connectivity index (χ0n) is 17.3. The summed E-state index contributed by atoms with van der Waals surface area (Å²) in [6, 6.07) is 12.5. The van der Waals surface area contributed by atoms with Crippen molar-refractivity contribution in [1.29, 1.82) is 0 Å². The molecule has 3 heteroatoms. The monoisotopic (exact) mass is 371 g/mol. The van der Waals surface area contributed by atoms with Gasteiger partial charge in [-0.2, -0.15) is 0 Å². The van der Waals surface area contributed by atoms with E-state index in [1.807, 2.05) is 12.3 Å². The molecular formula is C25H27N2O. The van der Waals surface area contributed by atoms with Gasteiger partial charge in [0.2, 0.25) is 0 Å². The van der Waals surface area contributed by atoms with Crippen LogP contribution >= 0.6 is 0 Å². The average Bonchev–Trinajstić information content (AvgIpc) is 2.60. The number of carbonyl (C=O) groups is 1. The molecule has 0 fully saturated rings. The Hall–Kier alpha value is -2.68. The fourth-order valence-corrected chi connectivity index (χ4v) is 4.34. The highest BCUT2D eigenvalue weighted by molar-refractivity contribution is 6.00. The number of hydrogen-bond acceptors (Lipinski definition) is 3. The summed E-state index contributed by atoms with van der Waals surface area (Å²) in [6.45, 7) is 10.6. The van der Waals surface area contributed by atoms with E-state index in [1.54, 1.807) is 0 Å². The van der Waals surface area contributed by atoms with Gasteiger partial charge < -0.3 is 4.90 Å². The van der Waals surface area contributed by atoms with Gasteiger partial charge in [-0.1, -0.05) is 43.7 Å². The van der Waals surface area contributed by atoms with E-state index in [1.165, 1.54) is 5.56 Å². The standard InChI is InChI=1S/C25H27N2O/c1-16-6-8-19(9-7-16)20-13-18(3)27(23-12-17(2)10-11-26-23)21-14-25(4,5)15-22(28)24(20)21/h6-12,20H,14-15H2,1-5H3. The Bertz CT molecular complexity index is 995. The maximum Gasteiger partial charge on any atom is 0.162 e. The quantitative estimate of drug-likeness (QED) is 0.684. The zero-order valence-corrected chi connectivity index (χ0v) is 17.3. The van der Waals surface area contributed by atoms with Crippen LogP contribution in [0.15, 0.2) is 59.6 Å². The molecule has 0 saturated heterocycles. The van der Waals surface area contributed by atoms with Crippen LogP contribution in [-0.2, 0) is 4.79 Å². The first-order valence-electron chi connectivity index (χ1n) is 9.91. The SMILES string of the molecule is CC1=[C]C(c2ccc(C)cc2)C2=C(CC(C)(C)CC2=O)N1c1cc(C)ccn1. The van der Waals surface area contributed by atoms with E-state index in [-0.39, 0.29) is 17.1 Å². The smallest absolute Gasteiger partial charge is 0.162 e. The van der Waals surface area contributed by atoms with Crippen LogP contribution in [0.25, 0.3) is 0 Å². The van der Waals surface area contributed by atoms with Crippen molar-refractivity contribution in [1.82, 2.24) is 4.98 Å². The minimum atomic E-state index is -0.111. The Balaban J connectivity index is 1.90. The number of nitrogens with zero attached hydrogens (tertiary/aromatic N) is 2. The molecule has 0 N–H and O–H groups in total. The lowest BCUT2D eigenvalue weighted by Gasteiger charge is -2.42. The summed E-state index contributed by atoms with van der Waals surface area (Å²) in [4.78, 5) is 20.0. The predicted octanol–water partition coefficient (Wildman–Crippen LogP) is 5.65. The van der Waals surface area contributed by atoms with Gasteiger partial charge in [-0.3, -0.25) is 4.79 Å². The fraction of sp³-hybridized carbons (Fsp3) is 0.360. The number of hydrogen-bond donors (Lipinski definition) is 0. The van der Waals surface area contributed by atoms with Gasteiger partial charge >= 0.3 is 0 Å². The fourth-order valence-electron chi connectivity index (χ4n) is 4.34. The summed E-state index contributed by atoms with van der Waals surface area (Å²) in [6.07, 6.45) is 6.86. The molecule has 1 unspecified atom stereocenters. The number of aryl methyl sites for hydroxylation is 2. The molecule has 28 heavy (non-hydrogen) atoms. The molecule has 1 atom stereocenters. The first kappa shape index (κ1) is 18.7. The summed E-state index contributed by atoms with van der Waals surface area (Å²) in [7, 11) is 0. The summed E-state index contributed by atoms with van der Waals surface area (Å²) in [5.41, 5.74) is 6.42. The van der Waals surface area contributed by atoms with E-state index < -0.39 is 0 Å². The molecule has 4 rings (SSSR count). The van der Waals surface area contributed by atoms with Crippen molar-refractivity contribution < 1.29 is 4.79 Å². The minimum Gasteiger partial charge on any atom is -0.302 e. The zero-order chi connectivity index (χ0) is 20.1. The maximum atomic E-state index is 13.3. The molecule has 0 saturated carbocycles. The number of carbonyl (C=O) groups excluding carboxylic acids is 1. The van der Waals surface area contributed by atoms with E-state index in [2.05, 4.69) is 80.9 Å². The predicted molar refractivity (Wildman–Crippen MR) is 113 cm³/mol. The number of Topliss-reactive ketones (excluding diaryl/α,β-unsaturated/α-hetero) is 1. The summed E-state index contributed by atoms with van der Waals surface area (Å²) < 4.78 is 0. The third kappa shape index (κ3) is 3.30. The number of anilines is 1. The molecule has 143 valence electrons. The normalized spacial score (nSPS) is 21.5. The van der Waals surface area contributed by atoms with Crippen molar-refractivity contribution in [2.45, 2.75) is 53.4 Å². The van der Waals surface area contributed by atoms with Crippen molar-refractivity contribution in [2.24, 2.45) is 5.41 Å². The lowest BCUT2D eigenvalue weighted by atomic mass is 9.70. The molecule has 0 amide bonds. The van der Waals surface area contributed by atoms with Gasteiger partial charge in [-0.15, -0.1) is 0 Å². The van der Waals surface area contributed by atoms with Crippen LogP contribution < -0.4 is 4.90 Å². The molecule has 2 aliphatic rings. The number of benzene rings is 1. The van der Waals surface area contributed by atoms with E-state index in [0.717, 1.165) is 40.3 Å². The first-order chi connectivity index (χ1) is 13.2. The lowest BCUT2D eigenvalue weighted by molar-refractivity contribution is -0.118. The minimum absolute atomic E-state index is 0.0621. The van der Waals surface area contributed by atoms with Crippen molar-refractivity contribution in [2.75, 3.05) is 4.90 Å². The summed E-state index contributed by atoms with van der Waals surface area (Å²) in [5, 5.41) is 0. The molecular weight excluding hydrogens is 344 g/mol. The lowest BCUT2D eigenvalue weighted by Crippen LogP contribution is -2.38. The number of aromatic nitrogens is 1. The largest absolute Gasteiger partial charge is 0.302 e. The van der Waals surface area contributed by atoms with Crippen molar-refractivity contribution in [3.63, 3.8) is 0 Å². The molecule has 0 spiro atoms. The van der Waals surface area contributed by atoms with Crippen LogP contribution in [0.3, 0.4) is 0 Å². The molecule has 2 aromatic rings. The Morgan fingerprint density at radius 2 is 1.75 bits per heavy atom. The third-order valence-corrected chi connectivity index (χ3v) is 5.68. The second kappa shape index (κ2) is 6.73. The van der Waals surface area contributed by atoms with Gasteiger partial charge in [0.15, 0.2) is 5.78 Å². The first-order valence-corrected chi connectivity index (χ1v) is 9.91. The number of rotatable bonds is 2. The van der Waals surface area contributed by atoms with Gasteiger partial charge in [-0.05, 0) is 61.9 Å². The highest BCUT2D eigenvalue weighted by Gasteiger charge is 2.41. The Morgan fingerprint density at radius 3 is 2.43 bits per heavy atom. The average molecular weight is 372 g/mol. The Kier molecular flexibility index (Phi) is 4.49. The van der Waals surface area contributed by atoms with Gasteiger partial charge in [0.05, 0.1) is 0 Å². The highest BCUT2D eigenvalue weighted by atomic mass is 16.1. The number of pyridine rings is 1. The topological polar surface area (TPSA) is 33.2 Å². The van der Waals surface area contributed by atoms with Crippen LogP contribution in [0.2, 0.25) is 0 Å². The molecule has 1 aromatic heterocycles. The molecule has 0 bridgehead atoms. The second-order valence-electron chi connectivity index (χ2n) is 8.90. The highest BCUT2D eigenvalue weighted by Crippen LogP contribution is 2.47. The number of ketones is 1. The molecule has 1 aliphatic carbocycles. The van der Waals surface area contributed by atoms with Crippen molar-refractivity contribution in [3.05, 3.63) is 82.3 Å². The van der Waals surface area contributed by atoms with Crippen LogP contribution in [0.4, 0.5) is 5.82 Å². The Morgan fingerprint density at radius 1 is 1.04 bits per heavy atom. The molecule has 1 radical (unpaired) electrons. The van der Waals surface area contributed by atoms with E-state index in [9.17, 15) is 4.79 Å². The van der Waals surface area contributed by atoms with Gasteiger partial charge in [-0.25, -0.2) is 4.98 Å². The van der Waals surface area contributed by atoms with Gasteiger partial charge in [0.25, 0.3) is 0 Å². The summed E-state index contributed by atoms with van der Waals surface area (Å²) in [5.74, 6) is 0.986. The summed E-state index contributed by atoms with van der Waals surface area (Å²) >= 11 is 0. The van der Waals surface area contributed by atoms with Crippen molar-refractivity contribution >= 4 is 11.6 Å². The number of allylic oxidation sites excluding steroid dienone is 4. The van der Waals surface area contributed by atoms with E-state index in [4.69, 9.17) is 0 Å². The Labute approximate surface area is 167 Å². The van der Waals surface area contributed by atoms with Crippen LogP contribution in [0, 0.1) is 25.3 Å². The molecule has 1 aromatic carbocycles. The van der Waals surface area contributed by atoms with Gasteiger partial charge in [0, 0.05) is 35.5 Å². The third-order valence-electron chi connectivity index (χ3n) is 5.68.